The molecular formula is C12H13N7. The van der Waals surface area contributed by atoms with Gasteiger partial charge in [-0.2, -0.15) is 0 Å². The van der Waals surface area contributed by atoms with Crippen LogP contribution in [0.1, 0.15) is 17.2 Å². The van der Waals surface area contributed by atoms with E-state index in [0.29, 0.717) is 18.0 Å². The molecule has 0 aliphatic carbocycles. The summed E-state index contributed by atoms with van der Waals surface area (Å²) in [5.41, 5.74) is 2.46. The van der Waals surface area contributed by atoms with Crippen molar-refractivity contribution in [2.45, 2.75) is 20.4 Å². The molecule has 0 saturated carbocycles. The van der Waals surface area contributed by atoms with E-state index in [1.54, 1.807) is 18.6 Å². The molecule has 0 aliphatic rings. The maximum Gasteiger partial charge on any atom is 0.203 e. The first kappa shape index (κ1) is 11.5. The van der Waals surface area contributed by atoms with Crippen molar-refractivity contribution in [2.75, 3.05) is 5.32 Å². The first-order valence-electron chi connectivity index (χ1n) is 5.92. The number of nitrogens with one attached hydrogen (secondary N) is 1. The summed E-state index contributed by atoms with van der Waals surface area (Å²) >= 11 is 0. The van der Waals surface area contributed by atoms with Gasteiger partial charge in [0, 0.05) is 18.6 Å². The first-order chi connectivity index (χ1) is 9.24. The SMILES string of the molecule is Cc1cnc(CNc2nccn3c(C)nnc23)cn1. The molecular weight excluding hydrogens is 242 g/mol. The van der Waals surface area contributed by atoms with Gasteiger partial charge in [-0.1, -0.05) is 0 Å². The number of rotatable bonds is 3. The average molecular weight is 255 g/mol. The van der Waals surface area contributed by atoms with E-state index in [2.05, 4.69) is 30.5 Å². The van der Waals surface area contributed by atoms with E-state index in [1.807, 2.05) is 24.4 Å². The summed E-state index contributed by atoms with van der Waals surface area (Å²) < 4.78 is 1.89. The highest BCUT2D eigenvalue weighted by molar-refractivity contribution is 5.61. The molecule has 0 spiro atoms. The molecule has 3 rings (SSSR count). The van der Waals surface area contributed by atoms with Gasteiger partial charge < -0.3 is 5.32 Å². The summed E-state index contributed by atoms with van der Waals surface area (Å²) in [7, 11) is 0. The second kappa shape index (κ2) is 4.60. The Morgan fingerprint density at radius 3 is 2.79 bits per heavy atom. The Labute approximate surface area is 109 Å². The van der Waals surface area contributed by atoms with Crippen LogP contribution in [0.25, 0.3) is 5.65 Å². The van der Waals surface area contributed by atoms with Crippen LogP contribution >= 0.6 is 0 Å². The van der Waals surface area contributed by atoms with Crippen molar-refractivity contribution in [1.29, 1.82) is 0 Å². The zero-order valence-electron chi connectivity index (χ0n) is 10.7. The number of anilines is 1. The molecule has 19 heavy (non-hydrogen) atoms. The van der Waals surface area contributed by atoms with Crippen LogP contribution in [0.3, 0.4) is 0 Å². The molecule has 96 valence electrons. The Morgan fingerprint density at radius 2 is 2.00 bits per heavy atom. The largest absolute Gasteiger partial charge is 0.361 e. The van der Waals surface area contributed by atoms with Crippen molar-refractivity contribution in [2.24, 2.45) is 0 Å². The normalized spacial score (nSPS) is 10.8. The highest BCUT2D eigenvalue weighted by Crippen LogP contribution is 2.12. The topological polar surface area (TPSA) is 80.9 Å². The fraction of sp³-hybridized carbons (Fsp3) is 0.250. The van der Waals surface area contributed by atoms with Crippen LogP contribution in [-0.2, 0) is 6.54 Å². The van der Waals surface area contributed by atoms with Crippen molar-refractivity contribution < 1.29 is 0 Å². The van der Waals surface area contributed by atoms with Gasteiger partial charge in [0.05, 0.1) is 24.1 Å². The third-order valence-corrected chi connectivity index (χ3v) is 2.77. The van der Waals surface area contributed by atoms with Gasteiger partial charge in [0.1, 0.15) is 5.82 Å². The first-order valence-corrected chi connectivity index (χ1v) is 5.92. The molecule has 0 aromatic carbocycles. The van der Waals surface area contributed by atoms with E-state index in [4.69, 9.17) is 0 Å². The molecule has 0 amide bonds. The number of hydrogen-bond donors (Lipinski definition) is 1. The molecule has 0 fully saturated rings. The van der Waals surface area contributed by atoms with Crippen molar-refractivity contribution in [3.63, 3.8) is 0 Å². The summed E-state index contributed by atoms with van der Waals surface area (Å²) in [6, 6.07) is 0. The average Bonchev–Trinajstić information content (AvgIpc) is 2.81. The van der Waals surface area contributed by atoms with Crippen LogP contribution in [0.4, 0.5) is 5.82 Å². The molecule has 0 atom stereocenters. The number of aryl methyl sites for hydroxylation is 2. The van der Waals surface area contributed by atoms with E-state index in [1.165, 1.54) is 0 Å². The second-order valence-electron chi connectivity index (χ2n) is 4.22. The third-order valence-electron chi connectivity index (χ3n) is 2.77. The molecule has 0 aliphatic heterocycles. The summed E-state index contributed by atoms with van der Waals surface area (Å²) in [6.07, 6.45) is 7.04. The molecule has 3 aromatic heterocycles. The lowest BCUT2D eigenvalue weighted by Crippen LogP contribution is -2.06. The van der Waals surface area contributed by atoms with Crippen LogP contribution < -0.4 is 5.32 Å². The standard InChI is InChI=1S/C12H13N7/c1-8-5-15-10(6-14-8)7-16-11-12-18-17-9(2)19(12)4-3-13-11/h3-6H,7H2,1-2H3,(H,13,16). The van der Waals surface area contributed by atoms with Gasteiger partial charge in [-0.05, 0) is 13.8 Å². The Hall–Kier alpha value is -2.57. The Kier molecular flexibility index (Phi) is 2.79. The molecule has 0 radical (unpaired) electrons. The minimum Gasteiger partial charge on any atom is -0.361 e. The van der Waals surface area contributed by atoms with E-state index < -0.39 is 0 Å². The minimum absolute atomic E-state index is 0.547. The van der Waals surface area contributed by atoms with Gasteiger partial charge in [0.2, 0.25) is 5.65 Å². The smallest absolute Gasteiger partial charge is 0.203 e. The number of hydrogen-bond acceptors (Lipinski definition) is 6. The fourth-order valence-electron chi connectivity index (χ4n) is 1.75. The minimum atomic E-state index is 0.547. The van der Waals surface area contributed by atoms with Crippen molar-refractivity contribution in [1.82, 2.24) is 29.5 Å². The van der Waals surface area contributed by atoms with Gasteiger partial charge in [-0.25, -0.2) is 4.98 Å². The summed E-state index contributed by atoms with van der Waals surface area (Å²) in [5, 5.41) is 11.3. The lowest BCUT2D eigenvalue weighted by atomic mass is 10.4. The van der Waals surface area contributed by atoms with Crippen LogP contribution in [0.5, 0.6) is 0 Å². The summed E-state index contributed by atoms with van der Waals surface area (Å²) in [5.74, 6) is 1.51. The van der Waals surface area contributed by atoms with Gasteiger partial charge in [0.15, 0.2) is 5.82 Å². The van der Waals surface area contributed by atoms with E-state index in [0.717, 1.165) is 17.2 Å². The lowest BCUT2D eigenvalue weighted by molar-refractivity contribution is 0.969. The molecule has 0 saturated heterocycles. The molecule has 1 N–H and O–H groups in total. The molecule has 3 aromatic rings. The molecule has 0 unspecified atom stereocenters. The number of nitrogens with zero attached hydrogens (tertiary/aromatic N) is 6. The predicted molar refractivity (Wildman–Crippen MR) is 69.6 cm³/mol. The zero-order chi connectivity index (χ0) is 13.2. The second-order valence-corrected chi connectivity index (χ2v) is 4.22. The Bertz CT molecular complexity index is 702. The quantitative estimate of drug-likeness (QED) is 0.756. The number of fused-ring (bicyclic) bond motifs is 1. The Balaban J connectivity index is 1.83. The van der Waals surface area contributed by atoms with Crippen LogP contribution in [0.2, 0.25) is 0 Å². The lowest BCUT2D eigenvalue weighted by Gasteiger charge is -2.05. The fourth-order valence-corrected chi connectivity index (χ4v) is 1.75. The third kappa shape index (κ3) is 2.22. The number of aromatic nitrogens is 6. The van der Waals surface area contributed by atoms with Crippen LogP contribution in [0, 0.1) is 13.8 Å². The van der Waals surface area contributed by atoms with Gasteiger partial charge in [-0.3, -0.25) is 14.4 Å². The van der Waals surface area contributed by atoms with Gasteiger partial charge >= 0.3 is 0 Å². The van der Waals surface area contributed by atoms with E-state index in [-0.39, 0.29) is 0 Å². The van der Waals surface area contributed by atoms with Crippen molar-refractivity contribution in [3.8, 4) is 0 Å². The predicted octanol–water partition coefficient (Wildman–Crippen LogP) is 1.14. The zero-order valence-corrected chi connectivity index (χ0v) is 10.7. The monoisotopic (exact) mass is 255 g/mol. The highest BCUT2D eigenvalue weighted by Gasteiger charge is 2.07. The molecule has 0 bridgehead atoms. The molecule has 7 heteroatoms. The summed E-state index contributed by atoms with van der Waals surface area (Å²) in [4.78, 5) is 12.8. The summed E-state index contributed by atoms with van der Waals surface area (Å²) in [6.45, 7) is 4.35. The van der Waals surface area contributed by atoms with Crippen LogP contribution in [-0.4, -0.2) is 29.5 Å². The highest BCUT2D eigenvalue weighted by atomic mass is 15.3. The molecule has 3 heterocycles. The van der Waals surface area contributed by atoms with Crippen molar-refractivity contribution in [3.05, 3.63) is 42.0 Å². The van der Waals surface area contributed by atoms with E-state index >= 15 is 0 Å². The van der Waals surface area contributed by atoms with Crippen LogP contribution in [0.15, 0.2) is 24.8 Å². The van der Waals surface area contributed by atoms with Gasteiger partial charge in [-0.15, -0.1) is 10.2 Å². The Morgan fingerprint density at radius 1 is 1.11 bits per heavy atom. The van der Waals surface area contributed by atoms with Gasteiger partial charge in [0.25, 0.3) is 0 Å². The maximum absolute atomic E-state index is 4.28. The van der Waals surface area contributed by atoms with E-state index in [9.17, 15) is 0 Å². The molecule has 7 nitrogen and oxygen atoms in total. The maximum atomic E-state index is 4.28. The van der Waals surface area contributed by atoms with Crippen molar-refractivity contribution >= 4 is 11.5 Å².